The summed E-state index contributed by atoms with van der Waals surface area (Å²) in [6.45, 7) is 1.81. The summed E-state index contributed by atoms with van der Waals surface area (Å²) in [6, 6.07) is 10.6. The number of hydrogen-bond donors (Lipinski definition) is 1. The van der Waals surface area contributed by atoms with E-state index in [9.17, 15) is 9.59 Å². The van der Waals surface area contributed by atoms with Crippen LogP contribution in [0.3, 0.4) is 0 Å². The predicted octanol–water partition coefficient (Wildman–Crippen LogP) is 2.57. The average Bonchev–Trinajstić information content (AvgIpc) is 3.32. The third-order valence-electron chi connectivity index (χ3n) is 3.97. The van der Waals surface area contributed by atoms with Crippen molar-refractivity contribution in [1.29, 1.82) is 0 Å². The standard InChI is InChI=1S/C18H18BrN5O3/c1-12(13-3-5-14(6-4-13)24-11-20-10-21-24)22-17(25)9-23(2)18(26)15-7-8-16(19)27-15/h3-8,10-12H,9H2,1-2H3,(H,22,25). The summed E-state index contributed by atoms with van der Waals surface area (Å²) >= 11 is 3.15. The molecule has 0 saturated heterocycles. The molecule has 0 aliphatic carbocycles. The first-order valence-electron chi connectivity index (χ1n) is 8.19. The van der Waals surface area contributed by atoms with Crippen molar-refractivity contribution in [1.82, 2.24) is 25.0 Å². The molecule has 0 radical (unpaired) electrons. The maximum Gasteiger partial charge on any atom is 0.289 e. The first-order chi connectivity index (χ1) is 12.9. The Morgan fingerprint density at radius 1 is 1.26 bits per heavy atom. The van der Waals surface area contributed by atoms with Gasteiger partial charge in [0.2, 0.25) is 5.91 Å². The molecule has 0 aliphatic heterocycles. The molecular weight excluding hydrogens is 414 g/mol. The van der Waals surface area contributed by atoms with Crippen molar-refractivity contribution in [2.24, 2.45) is 0 Å². The van der Waals surface area contributed by atoms with E-state index in [2.05, 4.69) is 31.3 Å². The second kappa shape index (κ2) is 8.17. The highest BCUT2D eigenvalue weighted by molar-refractivity contribution is 9.10. The fourth-order valence-electron chi connectivity index (χ4n) is 2.53. The van der Waals surface area contributed by atoms with Gasteiger partial charge in [0.25, 0.3) is 5.91 Å². The van der Waals surface area contributed by atoms with Crippen molar-refractivity contribution in [2.75, 3.05) is 13.6 Å². The van der Waals surface area contributed by atoms with E-state index in [-0.39, 0.29) is 30.2 Å². The lowest BCUT2D eigenvalue weighted by Gasteiger charge is -2.19. The van der Waals surface area contributed by atoms with Gasteiger partial charge < -0.3 is 14.6 Å². The monoisotopic (exact) mass is 431 g/mol. The molecule has 27 heavy (non-hydrogen) atoms. The summed E-state index contributed by atoms with van der Waals surface area (Å²) < 4.78 is 7.34. The van der Waals surface area contributed by atoms with Crippen molar-refractivity contribution in [3.63, 3.8) is 0 Å². The van der Waals surface area contributed by atoms with Crippen LogP contribution in [0.5, 0.6) is 0 Å². The van der Waals surface area contributed by atoms with Crippen LogP contribution < -0.4 is 5.32 Å². The summed E-state index contributed by atoms with van der Waals surface area (Å²) in [6.07, 6.45) is 3.08. The first kappa shape index (κ1) is 18.8. The van der Waals surface area contributed by atoms with E-state index in [4.69, 9.17) is 4.42 Å². The molecule has 1 unspecified atom stereocenters. The van der Waals surface area contributed by atoms with E-state index >= 15 is 0 Å². The molecule has 2 aromatic heterocycles. The molecule has 3 rings (SSSR count). The number of carbonyl (C=O) groups excluding carboxylic acids is 2. The number of hydrogen-bond acceptors (Lipinski definition) is 5. The van der Waals surface area contributed by atoms with Crippen molar-refractivity contribution >= 4 is 27.7 Å². The normalized spacial score (nSPS) is 11.8. The summed E-state index contributed by atoms with van der Waals surface area (Å²) in [4.78, 5) is 29.7. The lowest BCUT2D eigenvalue weighted by molar-refractivity contribution is -0.122. The molecule has 0 fully saturated rings. The van der Waals surface area contributed by atoms with E-state index in [0.717, 1.165) is 11.3 Å². The summed E-state index contributed by atoms with van der Waals surface area (Å²) in [5.74, 6) is -0.445. The third kappa shape index (κ3) is 4.62. The molecular formula is C18H18BrN5O3. The van der Waals surface area contributed by atoms with Gasteiger partial charge in [-0.3, -0.25) is 9.59 Å². The predicted molar refractivity (Wildman–Crippen MR) is 101 cm³/mol. The first-order valence-corrected chi connectivity index (χ1v) is 8.98. The van der Waals surface area contributed by atoms with E-state index < -0.39 is 0 Å². The summed E-state index contributed by atoms with van der Waals surface area (Å²) in [5, 5.41) is 6.96. The van der Waals surface area contributed by atoms with Gasteiger partial charge >= 0.3 is 0 Å². The molecule has 1 aromatic carbocycles. The Labute approximate surface area is 164 Å². The van der Waals surface area contributed by atoms with E-state index in [0.29, 0.717) is 4.67 Å². The number of aromatic nitrogens is 3. The van der Waals surface area contributed by atoms with Crippen molar-refractivity contribution < 1.29 is 14.0 Å². The van der Waals surface area contributed by atoms with Gasteiger partial charge in [0.1, 0.15) is 12.7 Å². The highest BCUT2D eigenvalue weighted by atomic mass is 79.9. The minimum Gasteiger partial charge on any atom is -0.444 e. The van der Waals surface area contributed by atoms with Crippen LogP contribution in [0, 0.1) is 0 Å². The minimum atomic E-state index is -0.360. The van der Waals surface area contributed by atoms with Gasteiger partial charge in [-0.25, -0.2) is 9.67 Å². The van der Waals surface area contributed by atoms with Crippen LogP contribution in [0.4, 0.5) is 0 Å². The van der Waals surface area contributed by atoms with Gasteiger partial charge in [0, 0.05) is 7.05 Å². The highest BCUT2D eigenvalue weighted by Gasteiger charge is 2.19. The SMILES string of the molecule is CC(NC(=O)CN(C)C(=O)c1ccc(Br)o1)c1ccc(-n2cncn2)cc1. The second-order valence-electron chi connectivity index (χ2n) is 5.99. The van der Waals surface area contributed by atoms with E-state index in [1.807, 2.05) is 31.2 Å². The number of amides is 2. The fourth-order valence-corrected chi connectivity index (χ4v) is 2.84. The van der Waals surface area contributed by atoms with Gasteiger partial charge in [-0.15, -0.1) is 0 Å². The molecule has 0 aliphatic rings. The van der Waals surface area contributed by atoms with Gasteiger partial charge in [-0.2, -0.15) is 5.10 Å². The van der Waals surface area contributed by atoms with Gasteiger partial charge in [0.15, 0.2) is 10.4 Å². The van der Waals surface area contributed by atoms with Crippen LogP contribution in [0.15, 0.2) is 58.1 Å². The Morgan fingerprint density at radius 2 is 2.00 bits per heavy atom. The third-order valence-corrected chi connectivity index (χ3v) is 4.39. The molecule has 1 N–H and O–H groups in total. The van der Waals surface area contributed by atoms with E-state index in [1.165, 1.54) is 11.2 Å². The molecule has 2 amide bonds. The number of likely N-dealkylation sites (N-methyl/N-ethyl adjacent to an activating group) is 1. The maximum atomic E-state index is 12.3. The Hall–Kier alpha value is -2.94. The Bertz CT molecular complexity index is 921. The number of rotatable bonds is 6. The smallest absolute Gasteiger partial charge is 0.289 e. The van der Waals surface area contributed by atoms with Gasteiger partial charge in [0.05, 0.1) is 18.3 Å². The van der Waals surface area contributed by atoms with Gasteiger partial charge in [-0.05, 0) is 52.7 Å². The molecule has 8 nitrogen and oxygen atoms in total. The Balaban J connectivity index is 1.56. The number of nitrogens with zero attached hydrogens (tertiary/aromatic N) is 4. The maximum absolute atomic E-state index is 12.3. The average molecular weight is 432 g/mol. The summed E-state index contributed by atoms with van der Waals surface area (Å²) in [7, 11) is 1.55. The van der Waals surface area contributed by atoms with Crippen LogP contribution in [-0.4, -0.2) is 45.1 Å². The van der Waals surface area contributed by atoms with Crippen LogP contribution >= 0.6 is 15.9 Å². The molecule has 140 valence electrons. The zero-order chi connectivity index (χ0) is 19.4. The Morgan fingerprint density at radius 3 is 2.59 bits per heavy atom. The molecule has 3 aromatic rings. The van der Waals surface area contributed by atoms with Gasteiger partial charge in [-0.1, -0.05) is 12.1 Å². The molecule has 1 atom stereocenters. The molecule has 0 spiro atoms. The quantitative estimate of drug-likeness (QED) is 0.647. The van der Waals surface area contributed by atoms with Crippen LogP contribution in [0.2, 0.25) is 0 Å². The largest absolute Gasteiger partial charge is 0.444 e. The Kier molecular flexibility index (Phi) is 5.70. The van der Waals surface area contributed by atoms with Crippen LogP contribution in [0.1, 0.15) is 29.1 Å². The zero-order valence-corrected chi connectivity index (χ0v) is 16.4. The number of furan rings is 1. The molecule has 2 heterocycles. The topological polar surface area (TPSA) is 93.3 Å². The van der Waals surface area contributed by atoms with Crippen LogP contribution in [0.25, 0.3) is 5.69 Å². The van der Waals surface area contributed by atoms with E-state index in [1.54, 1.807) is 30.2 Å². The fraction of sp³-hybridized carbons (Fsp3) is 0.222. The number of benzene rings is 1. The molecule has 0 saturated carbocycles. The second-order valence-corrected chi connectivity index (χ2v) is 6.77. The number of carbonyl (C=O) groups is 2. The molecule has 9 heteroatoms. The van der Waals surface area contributed by atoms with Crippen molar-refractivity contribution in [3.05, 3.63) is 65.0 Å². The lowest BCUT2D eigenvalue weighted by Crippen LogP contribution is -2.39. The number of halogens is 1. The highest BCUT2D eigenvalue weighted by Crippen LogP contribution is 2.16. The van der Waals surface area contributed by atoms with Crippen molar-refractivity contribution in [2.45, 2.75) is 13.0 Å². The molecule has 0 bridgehead atoms. The zero-order valence-electron chi connectivity index (χ0n) is 14.8. The minimum absolute atomic E-state index is 0.0709. The summed E-state index contributed by atoms with van der Waals surface area (Å²) in [5.41, 5.74) is 1.82. The number of nitrogens with one attached hydrogen (secondary N) is 1. The lowest BCUT2D eigenvalue weighted by atomic mass is 10.1. The van der Waals surface area contributed by atoms with Crippen LogP contribution in [-0.2, 0) is 4.79 Å². The van der Waals surface area contributed by atoms with Crippen molar-refractivity contribution in [3.8, 4) is 5.69 Å².